The molecule has 3 heteroatoms. The van der Waals surface area contributed by atoms with Crippen molar-refractivity contribution < 1.29 is 0 Å². The van der Waals surface area contributed by atoms with Gasteiger partial charge in [0.2, 0.25) is 0 Å². The second-order valence-corrected chi connectivity index (χ2v) is 6.31. The van der Waals surface area contributed by atoms with E-state index >= 15 is 0 Å². The highest BCUT2D eigenvalue weighted by atomic mass is 79.9. The molecule has 1 aliphatic heterocycles. The summed E-state index contributed by atoms with van der Waals surface area (Å²) in [7, 11) is 0. The molecule has 18 heavy (non-hydrogen) atoms. The molecule has 1 heterocycles. The van der Waals surface area contributed by atoms with Crippen molar-refractivity contribution in [2.24, 2.45) is 5.92 Å². The van der Waals surface area contributed by atoms with Gasteiger partial charge in [-0.25, -0.2) is 0 Å². The molecule has 1 aromatic rings. The van der Waals surface area contributed by atoms with E-state index in [4.69, 9.17) is 0 Å². The van der Waals surface area contributed by atoms with Gasteiger partial charge in [-0.3, -0.25) is 0 Å². The van der Waals surface area contributed by atoms with Crippen LogP contribution in [0.15, 0.2) is 22.7 Å². The summed E-state index contributed by atoms with van der Waals surface area (Å²) in [5.74, 6) is 0.675. The van der Waals surface area contributed by atoms with E-state index < -0.39 is 0 Å². The first-order valence-electron chi connectivity index (χ1n) is 6.83. The normalized spacial score (nSPS) is 21.2. The first-order chi connectivity index (χ1) is 8.59. The summed E-state index contributed by atoms with van der Waals surface area (Å²) < 4.78 is 1.24. The summed E-state index contributed by atoms with van der Waals surface area (Å²) in [5.41, 5.74) is 2.65. The number of benzene rings is 1. The molecule has 0 bridgehead atoms. The first-order valence-corrected chi connectivity index (χ1v) is 7.62. The molecule has 0 amide bonds. The molecule has 0 aromatic heterocycles. The molecule has 0 aliphatic carbocycles. The molecule has 0 spiro atoms. The van der Waals surface area contributed by atoms with E-state index in [1.54, 1.807) is 0 Å². The molecule has 1 saturated heterocycles. The van der Waals surface area contributed by atoms with Gasteiger partial charge in [0.25, 0.3) is 0 Å². The third kappa shape index (κ3) is 3.07. The number of anilines is 1. The molecule has 1 unspecified atom stereocenters. The Labute approximate surface area is 119 Å². The van der Waals surface area contributed by atoms with Crippen molar-refractivity contribution in [2.75, 3.05) is 24.5 Å². The van der Waals surface area contributed by atoms with Gasteiger partial charge in [-0.15, -0.1) is 0 Å². The van der Waals surface area contributed by atoms with Crippen LogP contribution in [0, 0.1) is 12.8 Å². The summed E-state index contributed by atoms with van der Waals surface area (Å²) in [6, 6.07) is 7.11. The average Bonchev–Trinajstić information content (AvgIpc) is 2.58. The number of hydrogen-bond donors (Lipinski definition) is 1. The van der Waals surface area contributed by atoms with Gasteiger partial charge in [-0.2, -0.15) is 0 Å². The van der Waals surface area contributed by atoms with Crippen molar-refractivity contribution >= 4 is 21.6 Å². The number of nitrogens with zero attached hydrogens (tertiary/aromatic N) is 1. The van der Waals surface area contributed by atoms with Gasteiger partial charge < -0.3 is 10.2 Å². The molecular weight excluding hydrogens is 288 g/mol. The lowest BCUT2D eigenvalue weighted by Crippen LogP contribution is -2.41. The first kappa shape index (κ1) is 13.9. The standard InChI is InChI=1S/C15H23BrN2/c1-11(2)13-10-18(9-5-8-17-13)14-7-4-6-12(3)15(14)16/h4,6-7,11,13,17H,5,8-10H2,1-3H3. The molecular formula is C15H23BrN2. The van der Waals surface area contributed by atoms with E-state index in [1.807, 2.05) is 0 Å². The quantitative estimate of drug-likeness (QED) is 0.898. The van der Waals surface area contributed by atoms with E-state index in [0.29, 0.717) is 12.0 Å². The predicted octanol–water partition coefficient (Wildman–Crippen LogP) is 3.58. The van der Waals surface area contributed by atoms with Crippen LogP contribution >= 0.6 is 15.9 Å². The van der Waals surface area contributed by atoms with Crippen molar-refractivity contribution in [3.8, 4) is 0 Å². The Morgan fingerprint density at radius 3 is 2.89 bits per heavy atom. The number of nitrogens with one attached hydrogen (secondary N) is 1. The zero-order valence-electron chi connectivity index (χ0n) is 11.5. The zero-order chi connectivity index (χ0) is 13.1. The lowest BCUT2D eigenvalue weighted by Gasteiger charge is -2.29. The van der Waals surface area contributed by atoms with Crippen LogP contribution in [-0.4, -0.2) is 25.7 Å². The van der Waals surface area contributed by atoms with Crippen LogP contribution in [0.3, 0.4) is 0 Å². The third-order valence-electron chi connectivity index (χ3n) is 3.75. The molecule has 1 aliphatic rings. The molecule has 1 N–H and O–H groups in total. The Hall–Kier alpha value is -0.540. The van der Waals surface area contributed by atoms with E-state index in [-0.39, 0.29) is 0 Å². The van der Waals surface area contributed by atoms with Gasteiger partial charge in [0.15, 0.2) is 0 Å². The summed E-state index contributed by atoms with van der Waals surface area (Å²) in [6.45, 7) is 10.1. The smallest absolute Gasteiger partial charge is 0.0513 e. The van der Waals surface area contributed by atoms with E-state index in [9.17, 15) is 0 Å². The van der Waals surface area contributed by atoms with Crippen molar-refractivity contribution in [3.05, 3.63) is 28.2 Å². The highest BCUT2D eigenvalue weighted by Crippen LogP contribution is 2.30. The van der Waals surface area contributed by atoms with Crippen LogP contribution in [0.2, 0.25) is 0 Å². The maximum Gasteiger partial charge on any atom is 0.0513 e. The largest absolute Gasteiger partial charge is 0.369 e. The summed E-state index contributed by atoms with van der Waals surface area (Å²) >= 11 is 3.74. The lowest BCUT2D eigenvalue weighted by molar-refractivity contribution is 0.420. The fourth-order valence-corrected chi connectivity index (χ4v) is 3.01. The fourth-order valence-electron chi connectivity index (χ4n) is 2.49. The minimum Gasteiger partial charge on any atom is -0.369 e. The minimum atomic E-state index is 0.583. The van der Waals surface area contributed by atoms with Gasteiger partial charge in [-0.1, -0.05) is 26.0 Å². The van der Waals surface area contributed by atoms with Gasteiger partial charge in [-0.05, 0) is 53.4 Å². The molecule has 2 nitrogen and oxygen atoms in total. The van der Waals surface area contributed by atoms with Crippen LogP contribution in [0.4, 0.5) is 5.69 Å². The Balaban J connectivity index is 2.22. The Bertz CT molecular complexity index is 403. The maximum atomic E-state index is 3.74. The molecule has 2 rings (SSSR count). The van der Waals surface area contributed by atoms with Crippen LogP contribution in [0.25, 0.3) is 0 Å². The maximum absolute atomic E-state index is 3.74. The third-order valence-corrected chi connectivity index (χ3v) is 4.78. The lowest BCUT2D eigenvalue weighted by atomic mass is 10.0. The molecule has 1 fully saturated rings. The van der Waals surface area contributed by atoms with Crippen LogP contribution in [0.5, 0.6) is 0 Å². The van der Waals surface area contributed by atoms with Gasteiger partial charge in [0.05, 0.1) is 5.69 Å². The topological polar surface area (TPSA) is 15.3 Å². The monoisotopic (exact) mass is 310 g/mol. The second kappa shape index (κ2) is 6.07. The van der Waals surface area contributed by atoms with Crippen molar-refractivity contribution in [1.82, 2.24) is 5.32 Å². The Kier molecular flexibility index (Phi) is 4.68. The summed E-state index contributed by atoms with van der Waals surface area (Å²) in [4.78, 5) is 2.52. The number of halogens is 1. The Morgan fingerprint density at radius 2 is 2.17 bits per heavy atom. The summed E-state index contributed by atoms with van der Waals surface area (Å²) in [6.07, 6.45) is 1.21. The minimum absolute atomic E-state index is 0.583. The van der Waals surface area contributed by atoms with Crippen molar-refractivity contribution in [1.29, 1.82) is 0 Å². The van der Waals surface area contributed by atoms with E-state index in [2.05, 4.69) is 65.1 Å². The Morgan fingerprint density at radius 1 is 1.39 bits per heavy atom. The fraction of sp³-hybridized carbons (Fsp3) is 0.600. The van der Waals surface area contributed by atoms with E-state index in [0.717, 1.165) is 19.6 Å². The van der Waals surface area contributed by atoms with Gasteiger partial charge in [0, 0.05) is 23.6 Å². The van der Waals surface area contributed by atoms with Gasteiger partial charge in [0.1, 0.15) is 0 Å². The van der Waals surface area contributed by atoms with Gasteiger partial charge >= 0.3 is 0 Å². The average molecular weight is 311 g/mol. The zero-order valence-corrected chi connectivity index (χ0v) is 13.1. The van der Waals surface area contributed by atoms with Crippen LogP contribution in [0.1, 0.15) is 25.8 Å². The molecule has 0 radical (unpaired) electrons. The van der Waals surface area contributed by atoms with E-state index in [1.165, 1.54) is 22.1 Å². The molecule has 1 aromatic carbocycles. The van der Waals surface area contributed by atoms with Crippen LogP contribution in [-0.2, 0) is 0 Å². The number of aryl methyl sites for hydroxylation is 1. The second-order valence-electron chi connectivity index (χ2n) is 5.51. The SMILES string of the molecule is Cc1cccc(N2CCCNC(C(C)C)C2)c1Br. The predicted molar refractivity (Wildman–Crippen MR) is 82.3 cm³/mol. The highest BCUT2D eigenvalue weighted by Gasteiger charge is 2.21. The van der Waals surface area contributed by atoms with Crippen molar-refractivity contribution in [2.45, 2.75) is 33.2 Å². The molecule has 1 atom stereocenters. The molecule has 0 saturated carbocycles. The number of hydrogen-bond acceptors (Lipinski definition) is 2. The number of rotatable bonds is 2. The van der Waals surface area contributed by atoms with Crippen LogP contribution < -0.4 is 10.2 Å². The highest BCUT2D eigenvalue weighted by molar-refractivity contribution is 9.10. The van der Waals surface area contributed by atoms with Crippen molar-refractivity contribution in [3.63, 3.8) is 0 Å². The molecule has 100 valence electrons. The summed E-state index contributed by atoms with van der Waals surface area (Å²) in [5, 5.41) is 3.66.